The molecular formula is C65H42N2O. The number of hydrogen-bond acceptors (Lipinski definition) is 2. The normalized spacial score (nSPS) is 16.4. The Morgan fingerprint density at radius 3 is 1.84 bits per heavy atom. The van der Waals surface area contributed by atoms with Crippen molar-refractivity contribution in [2.75, 3.05) is 4.90 Å². The number of allylic oxidation sites excluding steroid dienone is 5. The second kappa shape index (κ2) is 15.1. The Kier molecular flexibility index (Phi) is 8.50. The largest absolute Gasteiger partial charge is 0.455 e. The van der Waals surface area contributed by atoms with Crippen LogP contribution in [0.2, 0.25) is 0 Å². The van der Waals surface area contributed by atoms with Crippen LogP contribution in [0, 0.1) is 0 Å². The molecule has 1 atom stereocenters. The summed E-state index contributed by atoms with van der Waals surface area (Å²) in [5.41, 5.74) is 17.5. The van der Waals surface area contributed by atoms with Gasteiger partial charge in [0.15, 0.2) is 0 Å². The molecule has 0 amide bonds. The van der Waals surface area contributed by atoms with Gasteiger partial charge < -0.3 is 13.9 Å². The summed E-state index contributed by atoms with van der Waals surface area (Å²) in [6.45, 7) is 0. The number of aromatic nitrogens is 1. The van der Waals surface area contributed by atoms with E-state index in [2.05, 4.69) is 264 Å². The van der Waals surface area contributed by atoms with E-state index in [4.69, 9.17) is 4.42 Å². The Labute approximate surface area is 394 Å². The Morgan fingerprint density at radius 1 is 0.382 bits per heavy atom. The highest BCUT2D eigenvalue weighted by molar-refractivity contribution is 6.18. The highest BCUT2D eigenvalue weighted by Crippen LogP contribution is 2.56. The van der Waals surface area contributed by atoms with Gasteiger partial charge in [0.05, 0.1) is 22.1 Å². The molecule has 1 spiro atoms. The van der Waals surface area contributed by atoms with E-state index in [9.17, 15) is 0 Å². The van der Waals surface area contributed by atoms with Gasteiger partial charge in [-0.15, -0.1) is 0 Å². The molecule has 0 aliphatic heterocycles. The first kappa shape index (κ1) is 38.4. The first-order valence-electron chi connectivity index (χ1n) is 23.4. The SMILES string of the molecule is C1=C\C=C\C2(c3ccccc3/C=C/1)c1ccccc1-c1ccc(N(c3ccc(-n4c5ccccc5c5ccccc54)cc3)c3ccccc3-c3cccc4c3oc3c5ccccc5ccc43)cc12. The average Bonchev–Trinajstić information content (AvgIpc) is 4.06. The van der Waals surface area contributed by atoms with Crippen LogP contribution >= 0.6 is 0 Å². The number of benzene rings is 10. The van der Waals surface area contributed by atoms with Crippen LogP contribution in [0.3, 0.4) is 0 Å². The van der Waals surface area contributed by atoms with Crippen molar-refractivity contribution in [3.05, 3.63) is 271 Å². The maximum atomic E-state index is 7.02. The summed E-state index contributed by atoms with van der Waals surface area (Å²) in [6.07, 6.45) is 13.3. The van der Waals surface area contributed by atoms with Crippen molar-refractivity contribution < 1.29 is 4.42 Å². The molecule has 0 fully saturated rings. The van der Waals surface area contributed by atoms with Crippen LogP contribution in [0.25, 0.3) is 88.5 Å². The Balaban J connectivity index is 1.02. The summed E-state index contributed by atoms with van der Waals surface area (Å²) in [5, 5.41) is 6.99. The van der Waals surface area contributed by atoms with Crippen LogP contribution in [-0.2, 0) is 5.41 Å². The molecule has 68 heavy (non-hydrogen) atoms. The maximum absolute atomic E-state index is 7.02. The van der Waals surface area contributed by atoms with Gasteiger partial charge in [0, 0.05) is 55.1 Å². The van der Waals surface area contributed by atoms with Gasteiger partial charge >= 0.3 is 0 Å². The molecule has 12 aromatic rings. The minimum atomic E-state index is -0.550. The lowest BCUT2D eigenvalue weighted by molar-refractivity contribution is 0.674. The van der Waals surface area contributed by atoms with Gasteiger partial charge in [-0.1, -0.05) is 194 Å². The van der Waals surface area contributed by atoms with Gasteiger partial charge in [0.1, 0.15) is 11.2 Å². The number of hydrogen-bond donors (Lipinski definition) is 0. The van der Waals surface area contributed by atoms with Crippen LogP contribution < -0.4 is 4.90 Å². The van der Waals surface area contributed by atoms with Crippen molar-refractivity contribution in [1.82, 2.24) is 4.57 Å². The molecule has 10 aromatic carbocycles. The zero-order valence-corrected chi connectivity index (χ0v) is 37.1. The smallest absolute Gasteiger partial charge is 0.143 e. The first-order valence-corrected chi connectivity index (χ1v) is 23.4. The van der Waals surface area contributed by atoms with Crippen molar-refractivity contribution in [2.24, 2.45) is 0 Å². The van der Waals surface area contributed by atoms with E-state index in [1.165, 1.54) is 55.2 Å². The quantitative estimate of drug-likeness (QED) is 0.172. The molecular weight excluding hydrogens is 825 g/mol. The second-order valence-corrected chi connectivity index (χ2v) is 18.0. The lowest BCUT2D eigenvalue weighted by Gasteiger charge is -2.33. The molecule has 2 heterocycles. The molecule has 2 aliphatic rings. The molecule has 2 aliphatic carbocycles. The fourth-order valence-corrected chi connectivity index (χ4v) is 11.5. The van der Waals surface area contributed by atoms with Gasteiger partial charge in [0.25, 0.3) is 0 Å². The summed E-state index contributed by atoms with van der Waals surface area (Å²) in [6, 6.07) is 79.8. The Morgan fingerprint density at radius 2 is 1.00 bits per heavy atom. The highest BCUT2D eigenvalue weighted by atomic mass is 16.3. The molecule has 3 nitrogen and oxygen atoms in total. The highest BCUT2D eigenvalue weighted by Gasteiger charge is 2.44. The maximum Gasteiger partial charge on any atom is 0.143 e. The number of anilines is 3. The monoisotopic (exact) mass is 866 g/mol. The lowest BCUT2D eigenvalue weighted by Crippen LogP contribution is -2.25. The Bertz CT molecular complexity index is 4050. The number of nitrogens with zero attached hydrogens (tertiary/aromatic N) is 2. The summed E-state index contributed by atoms with van der Waals surface area (Å²) in [5.74, 6) is 0. The third-order valence-corrected chi connectivity index (χ3v) is 14.4. The van der Waals surface area contributed by atoms with Gasteiger partial charge in [0.2, 0.25) is 0 Å². The second-order valence-electron chi connectivity index (χ2n) is 18.0. The van der Waals surface area contributed by atoms with Crippen LogP contribution in [0.15, 0.2) is 253 Å². The average molecular weight is 867 g/mol. The van der Waals surface area contributed by atoms with Crippen LogP contribution in [0.5, 0.6) is 0 Å². The zero-order chi connectivity index (χ0) is 44.8. The zero-order valence-electron chi connectivity index (χ0n) is 37.1. The lowest BCUT2D eigenvalue weighted by atomic mass is 9.70. The molecule has 0 saturated carbocycles. The van der Waals surface area contributed by atoms with Crippen molar-refractivity contribution in [1.29, 1.82) is 0 Å². The number of para-hydroxylation sites is 4. The number of fused-ring (bicyclic) bond motifs is 15. The molecule has 318 valence electrons. The van der Waals surface area contributed by atoms with Crippen molar-refractivity contribution in [3.8, 4) is 27.9 Å². The van der Waals surface area contributed by atoms with Crippen molar-refractivity contribution in [3.63, 3.8) is 0 Å². The molecule has 0 radical (unpaired) electrons. The van der Waals surface area contributed by atoms with E-state index < -0.39 is 5.41 Å². The van der Waals surface area contributed by atoms with Crippen LogP contribution in [-0.4, -0.2) is 4.57 Å². The molecule has 0 bridgehead atoms. The van der Waals surface area contributed by atoms with Crippen LogP contribution in [0.4, 0.5) is 17.1 Å². The first-order chi connectivity index (χ1) is 33.7. The summed E-state index contributed by atoms with van der Waals surface area (Å²) in [4.78, 5) is 2.45. The van der Waals surface area contributed by atoms with Gasteiger partial charge in [-0.3, -0.25) is 0 Å². The molecule has 0 N–H and O–H groups in total. The number of rotatable bonds is 5. The molecule has 2 aromatic heterocycles. The minimum absolute atomic E-state index is 0.550. The van der Waals surface area contributed by atoms with Crippen LogP contribution in [0.1, 0.15) is 22.3 Å². The van der Waals surface area contributed by atoms with E-state index in [-0.39, 0.29) is 0 Å². The van der Waals surface area contributed by atoms with Crippen molar-refractivity contribution >= 4 is 77.7 Å². The van der Waals surface area contributed by atoms with E-state index in [1.54, 1.807) is 0 Å². The molecule has 0 saturated heterocycles. The van der Waals surface area contributed by atoms with Gasteiger partial charge in [-0.25, -0.2) is 0 Å². The molecule has 1 unspecified atom stereocenters. The van der Waals surface area contributed by atoms with E-state index >= 15 is 0 Å². The third kappa shape index (κ3) is 5.60. The molecule has 3 heteroatoms. The van der Waals surface area contributed by atoms with Crippen molar-refractivity contribution in [2.45, 2.75) is 5.41 Å². The summed E-state index contributed by atoms with van der Waals surface area (Å²) < 4.78 is 9.41. The predicted octanol–water partition coefficient (Wildman–Crippen LogP) is 17.4. The van der Waals surface area contributed by atoms with E-state index in [0.29, 0.717) is 0 Å². The topological polar surface area (TPSA) is 21.3 Å². The fraction of sp³-hybridized carbons (Fsp3) is 0.0154. The van der Waals surface area contributed by atoms with Gasteiger partial charge in [-0.2, -0.15) is 0 Å². The van der Waals surface area contributed by atoms with E-state index in [1.807, 2.05) is 0 Å². The standard InChI is InChI=1S/C65H42N2O/c1-2-16-41-65(57-28-11-5-20-44(57)19-3-1)58-29-12-7-22-49(58)50-40-38-47(42-59(50)65)66(45-34-36-46(37-35-45)67-61-31-14-8-23-51(61)52-24-9-15-32-62(52)67)60-30-13-10-25-53(60)54-26-17-27-55-56-39-33-43-18-4-6-21-48(43)63(56)68-64(54)55/h1-42H/b2-1-,19-3+,41-16+. The number of furan rings is 1. The fourth-order valence-electron chi connectivity index (χ4n) is 11.5. The summed E-state index contributed by atoms with van der Waals surface area (Å²) in [7, 11) is 0. The predicted molar refractivity (Wildman–Crippen MR) is 285 cm³/mol. The summed E-state index contributed by atoms with van der Waals surface area (Å²) >= 11 is 0. The Hall–Kier alpha value is -8.92. The molecule has 14 rings (SSSR count). The van der Waals surface area contributed by atoms with Gasteiger partial charge in [-0.05, 0) is 99.4 Å². The minimum Gasteiger partial charge on any atom is -0.455 e. The third-order valence-electron chi connectivity index (χ3n) is 14.4. The van der Waals surface area contributed by atoms with E-state index in [0.717, 1.165) is 66.6 Å².